The van der Waals surface area contributed by atoms with Crippen LogP contribution in [-0.4, -0.2) is 16.8 Å². The average molecular weight is 257 g/mol. The zero-order chi connectivity index (χ0) is 13.8. The molecule has 102 valence electrons. The molecule has 19 heavy (non-hydrogen) atoms. The number of hydrogen-bond donors (Lipinski definition) is 1. The van der Waals surface area contributed by atoms with Gasteiger partial charge in [0, 0.05) is 24.8 Å². The fraction of sp³-hybridized carbons (Fsp3) is 0.438. The second-order valence-corrected chi connectivity index (χ2v) is 5.07. The largest absolute Gasteiger partial charge is 0.316 e. The van der Waals surface area contributed by atoms with Crippen LogP contribution in [0.2, 0.25) is 0 Å². The second-order valence-electron chi connectivity index (χ2n) is 5.07. The van der Waals surface area contributed by atoms with Gasteiger partial charge in [-0.1, -0.05) is 25.1 Å². The summed E-state index contributed by atoms with van der Waals surface area (Å²) in [7, 11) is 1.97. The van der Waals surface area contributed by atoms with Crippen molar-refractivity contribution in [1.29, 1.82) is 0 Å². The van der Waals surface area contributed by atoms with Crippen molar-refractivity contribution in [3.63, 3.8) is 0 Å². The predicted molar refractivity (Wildman–Crippen MR) is 80.2 cm³/mol. The lowest BCUT2D eigenvalue weighted by Gasteiger charge is -2.07. The normalized spacial score (nSPS) is 10.9. The number of aryl methyl sites for hydroxylation is 3. The number of benzene rings is 1. The van der Waals surface area contributed by atoms with Crippen molar-refractivity contribution in [2.24, 2.45) is 0 Å². The van der Waals surface area contributed by atoms with Crippen LogP contribution >= 0.6 is 0 Å². The SMILES string of the molecule is CCCn1cc(-c2ccc(CNC)cc2C)c(C)n1. The average Bonchev–Trinajstić information content (AvgIpc) is 2.71. The first-order valence-corrected chi connectivity index (χ1v) is 6.94. The first kappa shape index (κ1) is 13.8. The van der Waals surface area contributed by atoms with Crippen LogP contribution in [0.4, 0.5) is 0 Å². The third-order valence-electron chi connectivity index (χ3n) is 3.36. The molecule has 0 atom stereocenters. The Hall–Kier alpha value is -1.61. The van der Waals surface area contributed by atoms with Crippen LogP contribution in [0, 0.1) is 13.8 Å². The minimum atomic E-state index is 0.912. The second kappa shape index (κ2) is 6.02. The summed E-state index contributed by atoms with van der Waals surface area (Å²) in [6, 6.07) is 6.65. The summed E-state index contributed by atoms with van der Waals surface area (Å²) >= 11 is 0. The van der Waals surface area contributed by atoms with Crippen molar-refractivity contribution in [2.45, 2.75) is 40.3 Å². The maximum absolute atomic E-state index is 4.58. The van der Waals surface area contributed by atoms with Crippen LogP contribution < -0.4 is 5.32 Å². The molecule has 1 N–H and O–H groups in total. The van der Waals surface area contributed by atoms with Crippen molar-refractivity contribution in [3.8, 4) is 11.1 Å². The van der Waals surface area contributed by atoms with Crippen molar-refractivity contribution >= 4 is 0 Å². The van der Waals surface area contributed by atoms with Gasteiger partial charge in [-0.05, 0) is 44.0 Å². The molecule has 1 heterocycles. The Labute approximate surface area is 115 Å². The van der Waals surface area contributed by atoms with Crippen LogP contribution in [0.25, 0.3) is 11.1 Å². The molecule has 0 spiro atoms. The zero-order valence-corrected chi connectivity index (χ0v) is 12.3. The van der Waals surface area contributed by atoms with Crippen molar-refractivity contribution < 1.29 is 0 Å². The number of nitrogens with zero attached hydrogens (tertiary/aromatic N) is 2. The minimum Gasteiger partial charge on any atom is -0.316 e. The van der Waals surface area contributed by atoms with E-state index in [1.165, 1.54) is 22.3 Å². The molecule has 0 amide bonds. The van der Waals surface area contributed by atoms with E-state index in [0.29, 0.717) is 0 Å². The molecule has 2 aromatic rings. The highest BCUT2D eigenvalue weighted by atomic mass is 15.3. The maximum Gasteiger partial charge on any atom is 0.0672 e. The first-order chi connectivity index (χ1) is 9.15. The van der Waals surface area contributed by atoms with E-state index < -0.39 is 0 Å². The number of rotatable bonds is 5. The van der Waals surface area contributed by atoms with E-state index in [1.54, 1.807) is 0 Å². The molecular formula is C16H23N3. The van der Waals surface area contributed by atoms with Gasteiger partial charge in [-0.25, -0.2) is 0 Å². The molecular weight excluding hydrogens is 234 g/mol. The highest BCUT2D eigenvalue weighted by molar-refractivity contribution is 5.69. The summed E-state index contributed by atoms with van der Waals surface area (Å²) in [5.41, 5.74) is 6.29. The molecule has 0 unspecified atom stereocenters. The first-order valence-electron chi connectivity index (χ1n) is 6.94. The van der Waals surface area contributed by atoms with Crippen LogP contribution in [0.15, 0.2) is 24.4 Å². The summed E-state index contributed by atoms with van der Waals surface area (Å²) in [6.45, 7) is 8.33. The Morgan fingerprint density at radius 1 is 1.21 bits per heavy atom. The van der Waals surface area contributed by atoms with Gasteiger partial charge in [-0.2, -0.15) is 5.10 Å². The van der Waals surface area contributed by atoms with Gasteiger partial charge in [-0.15, -0.1) is 0 Å². The van der Waals surface area contributed by atoms with Crippen molar-refractivity contribution in [2.75, 3.05) is 7.05 Å². The summed E-state index contributed by atoms with van der Waals surface area (Å²) in [4.78, 5) is 0. The van der Waals surface area contributed by atoms with Gasteiger partial charge in [-0.3, -0.25) is 4.68 Å². The lowest BCUT2D eigenvalue weighted by atomic mass is 9.99. The van der Waals surface area contributed by atoms with Crippen LogP contribution in [0.5, 0.6) is 0 Å². The fourth-order valence-corrected chi connectivity index (χ4v) is 2.47. The summed E-state index contributed by atoms with van der Waals surface area (Å²) in [5.74, 6) is 0. The van der Waals surface area contributed by atoms with Gasteiger partial charge in [0.05, 0.1) is 5.69 Å². The molecule has 0 fully saturated rings. The van der Waals surface area contributed by atoms with Gasteiger partial charge in [0.2, 0.25) is 0 Å². The lowest BCUT2D eigenvalue weighted by molar-refractivity contribution is 0.598. The molecule has 0 saturated heterocycles. The Kier molecular flexibility index (Phi) is 4.38. The van der Waals surface area contributed by atoms with E-state index >= 15 is 0 Å². The van der Waals surface area contributed by atoms with E-state index in [-0.39, 0.29) is 0 Å². The Morgan fingerprint density at radius 2 is 2.00 bits per heavy atom. The quantitative estimate of drug-likeness (QED) is 0.890. The third kappa shape index (κ3) is 3.04. The van der Waals surface area contributed by atoms with Gasteiger partial charge < -0.3 is 5.32 Å². The van der Waals surface area contributed by atoms with Crippen molar-refractivity contribution in [3.05, 3.63) is 41.2 Å². The minimum absolute atomic E-state index is 0.912. The predicted octanol–water partition coefficient (Wildman–Crippen LogP) is 3.30. The fourth-order valence-electron chi connectivity index (χ4n) is 2.47. The molecule has 0 aliphatic carbocycles. The Morgan fingerprint density at radius 3 is 2.63 bits per heavy atom. The van der Waals surface area contributed by atoms with Crippen LogP contribution in [0.1, 0.15) is 30.2 Å². The van der Waals surface area contributed by atoms with Crippen molar-refractivity contribution in [1.82, 2.24) is 15.1 Å². The molecule has 0 aliphatic heterocycles. The number of nitrogens with one attached hydrogen (secondary N) is 1. The molecule has 2 rings (SSSR count). The standard InChI is InChI=1S/C16H23N3/c1-5-8-19-11-16(13(3)18-19)15-7-6-14(10-17-4)9-12(15)2/h6-7,9,11,17H,5,8,10H2,1-4H3. The molecule has 0 saturated carbocycles. The summed E-state index contributed by atoms with van der Waals surface area (Å²) in [5, 5.41) is 7.77. The highest BCUT2D eigenvalue weighted by Crippen LogP contribution is 2.26. The highest BCUT2D eigenvalue weighted by Gasteiger charge is 2.09. The van der Waals surface area contributed by atoms with Gasteiger partial charge >= 0.3 is 0 Å². The van der Waals surface area contributed by atoms with E-state index in [1.807, 2.05) is 11.7 Å². The van der Waals surface area contributed by atoms with Gasteiger partial charge in [0.1, 0.15) is 0 Å². The van der Waals surface area contributed by atoms with E-state index in [4.69, 9.17) is 0 Å². The molecule has 3 nitrogen and oxygen atoms in total. The molecule has 0 radical (unpaired) electrons. The number of aromatic nitrogens is 2. The topological polar surface area (TPSA) is 29.9 Å². The van der Waals surface area contributed by atoms with E-state index in [9.17, 15) is 0 Å². The van der Waals surface area contributed by atoms with Gasteiger partial charge in [0.25, 0.3) is 0 Å². The molecule has 0 bridgehead atoms. The summed E-state index contributed by atoms with van der Waals surface area (Å²) in [6.07, 6.45) is 3.28. The summed E-state index contributed by atoms with van der Waals surface area (Å²) < 4.78 is 2.05. The third-order valence-corrected chi connectivity index (χ3v) is 3.36. The monoisotopic (exact) mass is 257 g/mol. The number of hydrogen-bond acceptors (Lipinski definition) is 2. The van der Waals surface area contributed by atoms with Gasteiger partial charge in [0.15, 0.2) is 0 Å². The maximum atomic E-state index is 4.58. The molecule has 3 heteroatoms. The zero-order valence-electron chi connectivity index (χ0n) is 12.3. The lowest BCUT2D eigenvalue weighted by Crippen LogP contribution is -2.05. The Balaban J connectivity index is 2.35. The Bertz CT molecular complexity index is 555. The van der Waals surface area contributed by atoms with Crippen LogP contribution in [-0.2, 0) is 13.1 Å². The van der Waals surface area contributed by atoms with Crippen LogP contribution in [0.3, 0.4) is 0 Å². The molecule has 1 aromatic carbocycles. The smallest absolute Gasteiger partial charge is 0.0672 e. The molecule has 1 aromatic heterocycles. The van der Waals surface area contributed by atoms with E-state index in [0.717, 1.165) is 25.2 Å². The van der Waals surface area contributed by atoms with E-state index in [2.05, 4.69) is 55.6 Å². The molecule has 0 aliphatic rings.